The van der Waals surface area contributed by atoms with E-state index in [9.17, 15) is 26.7 Å². The molecule has 2 nitrogen and oxygen atoms in total. The Balaban J connectivity index is 2.95. The first-order chi connectivity index (χ1) is 8.59. The van der Waals surface area contributed by atoms with E-state index in [4.69, 9.17) is 0 Å². The summed E-state index contributed by atoms with van der Waals surface area (Å²) in [6, 6.07) is 7.07. The highest BCUT2D eigenvalue weighted by Crippen LogP contribution is 2.38. The standard InChI is InChI=1S/C12H12F5NO/c1-8(9-6-4-3-5-7-9)18(2)10(19)11(13,14)12(15,16)17/h3-8H,1-2H3. The number of carbonyl (C=O) groups excluding carboxylic acids is 1. The van der Waals surface area contributed by atoms with Crippen molar-refractivity contribution in [1.29, 1.82) is 0 Å². The Morgan fingerprint density at radius 2 is 1.58 bits per heavy atom. The van der Waals surface area contributed by atoms with Gasteiger partial charge in [0.05, 0.1) is 6.04 Å². The van der Waals surface area contributed by atoms with Gasteiger partial charge in [-0.05, 0) is 12.5 Å². The Kier molecular flexibility index (Phi) is 4.17. The first kappa shape index (κ1) is 15.4. The summed E-state index contributed by atoms with van der Waals surface area (Å²) in [7, 11) is 0.916. The number of alkyl halides is 5. The topological polar surface area (TPSA) is 20.3 Å². The van der Waals surface area contributed by atoms with E-state index in [-0.39, 0.29) is 0 Å². The molecule has 19 heavy (non-hydrogen) atoms. The van der Waals surface area contributed by atoms with Crippen molar-refractivity contribution in [3.63, 3.8) is 0 Å². The van der Waals surface area contributed by atoms with Crippen LogP contribution in [0.15, 0.2) is 30.3 Å². The maximum atomic E-state index is 12.9. The first-order valence-corrected chi connectivity index (χ1v) is 5.35. The van der Waals surface area contributed by atoms with Crippen molar-refractivity contribution in [2.24, 2.45) is 0 Å². The summed E-state index contributed by atoms with van der Waals surface area (Å²) in [5.74, 6) is -7.65. The number of nitrogens with zero attached hydrogens (tertiary/aromatic N) is 1. The van der Waals surface area contributed by atoms with Gasteiger partial charge in [0.2, 0.25) is 0 Å². The van der Waals surface area contributed by atoms with Crippen LogP contribution in [-0.4, -0.2) is 30.0 Å². The van der Waals surface area contributed by atoms with Crippen LogP contribution in [0.4, 0.5) is 22.0 Å². The maximum Gasteiger partial charge on any atom is 0.463 e. The lowest BCUT2D eigenvalue weighted by atomic mass is 10.1. The van der Waals surface area contributed by atoms with Crippen molar-refractivity contribution in [3.8, 4) is 0 Å². The molecule has 1 aromatic rings. The molecule has 0 aliphatic heterocycles. The molecule has 1 unspecified atom stereocenters. The molecule has 1 rings (SSSR count). The Morgan fingerprint density at radius 3 is 2.00 bits per heavy atom. The Morgan fingerprint density at radius 1 is 1.11 bits per heavy atom. The van der Waals surface area contributed by atoms with Crippen LogP contribution in [0.1, 0.15) is 18.5 Å². The lowest BCUT2D eigenvalue weighted by molar-refractivity contribution is -0.274. The molecule has 0 bridgehead atoms. The summed E-state index contributed by atoms with van der Waals surface area (Å²) in [5.41, 5.74) is 0.469. The largest absolute Gasteiger partial charge is 0.463 e. The summed E-state index contributed by atoms with van der Waals surface area (Å²) in [5, 5.41) is 0. The van der Waals surface area contributed by atoms with Crippen LogP contribution < -0.4 is 0 Å². The van der Waals surface area contributed by atoms with Crippen molar-refractivity contribution < 1.29 is 26.7 Å². The summed E-state index contributed by atoms with van der Waals surface area (Å²) < 4.78 is 62.2. The van der Waals surface area contributed by atoms with Crippen LogP contribution in [0, 0.1) is 0 Å². The highest BCUT2D eigenvalue weighted by atomic mass is 19.4. The second kappa shape index (κ2) is 5.14. The SMILES string of the molecule is CC(c1ccccc1)N(C)C(=O)C(F)(F)C(F)(F)F. The molecule has 0 aliphatic carbocycles. The summed E-state index contributed by atoms with van der Waals surface area (Å²) in [6.07, 6.45) is -5.89. The van der Waals surface area contributed by atoms with Gasteiger partial charge in [-0.3, -0.25) is 4.79 Å². The fourth-order valence-electron chi connectivity index (χ4n) is 1.47. The molecule has 0 fully saturated rings. The van der Waals surface area contributed by atoms with Crippen LogP contribution in [0.3, 0.4) is 0 Å². The number of carbonyl (C=O) groups is 1. The third-order valence-corrected chi connectivity index (χ3v) is 2.81. The van der Waals surface area contributed by atoms with Crippen LogP contribution in [0.2, 0.25) is 0 Å². The molecule has 0 radical (unpaired) electrons. The van der Waals surface area contributed by atoms with Gasteiger partial charge in [-0.2, -0.15) is 22.0 Å². The Labute approximate surface area is 106 Å². The number of halogens is 5. The zero-order valence-corrected chi connectivity index (χ0v) is 10.2. The number of hydrogen-bond donors (Lipinski definition) is 0. The predicted octanol–water partition coefficient (Wildman–Crippen LogP) is 3.40. The number of benzene rings is 1. The fourth-order valence-corrected chi connectivity index (χ4v) is 1.47. The van der Waals surface area contributed by atoms with E-state index >= 15 is 0 Å². The van der Waals surface area contributed by atoms with Crippen LogP contribution in [0.25, 0.3) is 0 Å². The van der Waals surface area contributed by atoms with Gasteiger partial charge in [-0.1, -0.05) is 30.3 Å². The smallest absolute Gasteiger partial charge is 0.333 e. The maximum absolute atomic E-state index is 12.9. The second-order valence-electron chi connectivity index (χ2n) is 4.07. The normalized spacial score (nSPS) is 14.1. The van der Waals surface area contributed by atoms with Crippen molar-refractivity contribution in [1.82, 2.24) is 4.90 Å². The van der Waals surface area contributed by atoms with E-state index in [0.29, 0.717) is 10.5 Å². The summed E-state index contributed by atoms with van der Waals surface area (Å²) >= 11 is 0. The number of hydrogen-bond acceptors (Lipinski definition) is 1. The van der Waals surface area contributed by atoms with Gasteiger partial charge in [0.25, 0.3) is 0 Å². The molecule has 0 saturated heterocycles. The molecule has 0 saturated carbocycles. The summed E-state index contributed by atoms with van der Waals surface area (Å²) in [6.45, 7) is 1.37. The van der Waals surface area contributed by atoms with Crippen molar-refractivity contribution in [2.75, 3.05) is 7.05 Å². The average molecular weight is 281 g/mol. The summed E-state index contributed by atoms with van der Waals surface area (Å²) in [4.78, 5) is 11.7. The number of rotatable bonds is 3. The van der Waals surface area contributed by atoms with Gasteiger partial charge in [0.15, 0.2) is 0 Å². The van der Waals surface area contributed by atoms with E-state index in [1.807, 2.05) is 0 Å². The Bertz CT molecular complexity index is 443. The van der Waals surface area contributed by atoms with Gasteiger partial charge in [0.1, 0.15) is 0 Å². The van der Waals surface area contributed by atoms with E-state index < -0.39 is 24.0 Å². The molecule has 106 valence electrons. The molecule has 7 heteroatoms. The molecule has 0 aliphatic rings. The first-order valence-electron chi connectivity index (χ1n) is 5.35. The molecule has 1 aromatic carbocycles. The molecule has 0 N–H and O–H groups in total. The highest BCUT2D eigenvalue weighted by molar-refractivity contribution is 5.84. The van der Waals surface area contributed by atoms with Gasteiger partial charge < -0.3 is 4.90 Å². The van der Waals surface area contributed by atoms with Crippen LogP contribution >= 0.6 is 0 Å². The average Bonchev–Trinajstić information content (AvgIpc) is 2.35. The minimum atomic E-state index is -5.89. The van der Waals surface area contributed by atoms with Crippen LogP contribution in [-0.2, 0) is 4.79 Å². The zero-order valence-electron chi connectivity index (χ0n) is 10.2. The lowest BCUT2D eigenvalue weighted by Gasteiger charge is -2.29. The molecule has 0 spiro atoms. The third-order valence-electron chi connectivity index (χ3n) is 2.81. The lowest BCUT2D eigenvalue weighted by Crippen LogP contribution is -2.51. The quantitative estimate of drug-likeness (QED) is 0.778. The van der Waals surface area contributed by atoms with Gasteiger partial charge >= 0.3 is 18.0 Å². The fraction of sp³-hybridized carbons (Fsp3) is 0.417. The van der Waals surface area contributed by atoms with Crippen molar-refractivity contribution in [2.45, 2.75) is 25.1 Å². The van der Waals surface area contributed by atoms with Crippen LogP contribution in [0.5, 0.6) is 0 Å². The van der Waals surface area contributed by atoms with E-state index in [1.165, 1.54) is 6.92 Å². The Hall–Kier alpha value is -1.66. The highest BCUT2D eigenvalue weighted by Gasteiger charge is 2.64. The molecule has 0 aromatic heterocycles. The monoisotopic (exact) mass is 281 g/mol. The van der Waals surface area contributed by atoms with Crippen molar-refractivity contribution >= 4 is 5.91 Å². The van der Waals surface area contributed by atoms with Gasteiger partial charge in [-0.25, -0.2) is 0 Å². The van der Waals surface area contributed by atoms with E-state index in [0.717, 1.165) is 7.05 Å². The zero-order chi connectivity index (χ0) is 14.8. The minimum Gasteiger partial charge on any atom is -0.333 e. The number of amides is 1. The molecular weight excluding hydrogens is 269 g/mol. The molecule has 0 heterocycles. The third kappa shape index (κ3) is 3.02. The van der Waals surface area contributed by atoms with E-state index in [2.05, 4.69) is 0 Å². The second-order valence-corrected chi connectivity index (χ2v) is 4.07. The molecule has 1 amide bonds. The van der Waals surface area contributed by atoms with E-state index in [1.54, 1.807) is 30.3 Å². The minimum absolute atomic E-state index is 0.392. The van der Waals surface area contributed by atoms with Gasteiger partial charge in [0, 0.05) is 7.05 Å². The molecular formula is C12H12F5NO. The molecule has 1 atom stereocenters. The predicted molar refractivity (Wildman–Crippen MR) is 58.6 cm³/mol. The van der Waals surface area contributed by atoms with Gasteiger partial charge in [-0.15, -0.1) is 0 Å². The van der Waals surface area contributed by atoms with Crippen molar-refractivity contribution in [3.05, 3.63) is 35.9 Å².